The summed E-state index contributed by atoms with van der Waals surface area (Å²) < 4.78 is 6.41. The molecule has 0 saturated heterocycles. The van der Waals surface area contributed by atoms with Crippen LogP contribution in [-0.4, -0.2) is 22.8 Å². The highest BCUT2D eigenvalue weighted by atomic mass is 35.5. The third-order valence-corrected chi connectivity index (χ3v) is 2.71. The van der Waals surface area contributed by atoms with Crippen LogP contribution in [-0.2, 0) is 6.54 Å². The molecule has 90 valence electrons. The second-order valence-corrected chi connectivity index (χ2v) is 4.19. The van der Waals surface area contributed by atoms with Gasteiger partial charge in [-0.15, -0.1) is 16.7 Å². The highest BCUT2D eigenvalue weighted by Gasteiger charge is 2.04. The normalized spacial score (nSPS) is 12.4. The second-order valence-electron chi connectivity index (χ2n) is 3.81. The maximum Gasteiger partial charge on any atom is 0.266 e. The van der Waals surface area contributed by atoms with Gasteiger partial charge < -0.3 is 4.74 Å². The Hall–Kier alpha value is -1.03. The van der Waals surface area contributed by atoms with Crippen molar-refractivity contribution in [2.24, 2.45) is 5.92 Å². The van der Waals surface area contributed by atoms with Crippen molar-refractivity contribution in [3.05, 3.63) is 22.5 Å². The van der Waals surface area contributed by atoms with E-state index in [2.05, 4.69) is 12.0 Å². The largest absolute Gasteiger partial charge is 0.480 e. The van der Waals surface area contributed by atoms with Gasteiger partial charge in [0.1, 0.15) is 0 Å². The molecule has 1 aromatic heterocycles. The van der Waals surface area contributed by atoms with E-state index < -0.39 is 0 Å². The van der Waals surface area contributed by atoms with E-state index in [-0.39, 0.29) is 5.56 Å². The molecule has 1 atom stereocenters. The Balaban J connectivity index is 2.62. The lowest BCUT2D eigenvalue weighted by atomic mass is 10.1. The van der Waals surface area contributed by atoms with Gasteiger partial charge in [-0.1, -0.05) is 6.92 Å². The summed E-state index contributed by atoms with van der Waals surface area (Å²) in [6.07, 6.45) is 1.85. The van der Waals surface area contributed by atoms with Crippen molar-refractivity contribution in [3.63, 3.8) is 0 Å². The average molecular weight is 245 g/mol. The maximum absolute atomic E-state index is 11.5. The van der Waals surface area contributed by atoms with Gasteiger partial charge in [-0.3, -0.25) is 4.79 Å². The number of nitrogens with zero attached hydrogens (tertiary/aromatic N) is 2. The minimum absolute atomic E-state index is 0.0983. The fraction of sp³-hybridized carbons (Fsp3) is 0.636. The van der Waals surface area contributed by atoms with Gasteiger partial charge in [0.15, 0.2) is 0 Å². The Labute approximate surface area is 100 Å². The van der Waals surface area contributed by atoms with Crippen LogP contribution in [0.15, 0.2) is 16.9 Å². The molecule has 0 fully saturated rings. The standard InChI is InChI=1S/C11H17ClN2O2/c1-9(5-7-12)6-8-14-11(15)4-3-10(13-14)16-2/h3-4,9H,5-8H2,1-2H3. The predicted octanol–water partition coefficient (Wildman–Crippen LogP) is 1.91. The molecule has 1 aromatic rings. The van der Waals surface area contributed by atoms with Crippen molar-refractivity contribution in [3.8, 4) is 5.88 Å². The van der Waals surface area contributed by atoms with E-state index in [9.17, 15) is 4.79 Å². The molecular weight excluding hydrogens is 228 g/mol. The van der Waals surface area contributed by atoms with Crippen LogP contribution in [0.25, 0.3) is 0 Å². The molecule has 0 radical (unpaired) electrons. The number of hydrogen-bond donors (Lipinski definition) is 0. The van der Waals surface area contributed by atoms with Gasteiger partial charge >= 0.3 is 0 Å². The van der Waals surface area contributed by atoms with Gasteiger partial charge in [0.2, 0.25) is 5.88 Å². The lowest BCUT2D eigenvalue weighted by Gasteiger charge is -2.10. The molecule has 1 heterocycles. The number of aryl methyl sites for hydroxylation is 1. The third-order valence-electron chi connectivity index (χ3n) is 2.49. The minimum atomic E-state index is -0.0983. The van der Waals surface area contributed by atoms with E-state index in [0.717, 1.165) is 12.8 Å². The molecule has 0 saturated carbocycles. The van der Waals surface area contributed by atoms with Gasteiger partial charge in [-0.05, 0) is 18.8 Å². The highest BCUT2D eigenvalue weighted by Crippen LogP contribution is 2.09. The van der Waals surface area contributed by atoms with Crippen molar-refractivity contribution in [2.75, 3.05) is 13.0 Å². The van der Waals surface area contributed by atoms with Crippen molar-refractivity contribution in [2.45, 2.75) is 26.3 Å². The van der Waals surface area contributed by atoms with Crippen molar-refractivity contribution < 1.29 is 4.74 Å². The van der Waals surface area contributed by atoms with E-state index in [0.29, 0.717) is 24.2 Å². The van der Waals surface area contributed by atoms with E-state index in [1.165, 1.54) is 17.9 Å². The molecule has 0 bridgehead atoms. The zero-order chi connectivity index (χ0) is 12.0. The van der Waals surface area contributed by atoms with Gasteiger partial charge in [0.05, 0.1) is 7.11 Å². The van der Waals surface area contributed by atoms with E-state index in [1.54, 1.807) is 6.07 Å². The van der Waals surface area contributed by atoms with Crippen molar-refractivity contribution >= 4 is 11.6 Å². The van der Waals surface area contributed by atoms with E-state index >= 15 is 0 Å². The lowest BCUT2D eigenvalue weighted by molar-refractivity contribution is 0.365. The first kappa shape index (κ1) is 13.0. The highest BCUT2D eigenvalue weighted by molar-refractivity contribution is 6.17. The summed E-state index contributed by atoms with van der Waals surface area (Å²) in [7, 11) is 1.53. The fourth-order valence-corrected chi connectivity index (χ4v) is 1.75. The van der Waals surface area contributed by atoms with E-state index in [1.807, 2.05) is 0 Å². The number of methoxy groups -OCH3 is 1. The predicted molar refractivity (Wildman–Crippen MR) is 64.2 cm³/mol. The Kier molecular flexibility index (Phi) is 5.32. The van der Waals surface area contributed by atoms with Gasteiger partial charge in [-0.25, -0.2) is 4.68 Å². The van der Waals surface area contributed by atoms with Crippen LogP contribution in [0.4, 0.5) is 0 Å². The molecule has 1 unspecified atom stereocenters. The van der Waals surface area contributed by atoms with Crippen LogP contribution in [0.5, 0.6) is 5.88 Å². The molecule has 0 N–H and O–H groups in total. The van der Waals surface area contributed by atoms with Crippen LogP contribution in [0.3, 0.4) is 0 Å². The first-order valence-corrected chi connectivity index (χ1v) is 5.89. The zero-order valence-electron chi connectivity index (χ0n) is 9.65. The van der Waals surface area contributed by atoms with Crippen molar-refractivity contribution in [1.82, 2.24) is 9.78 Å². The number of alkyl halides is 1. The van der Waals surface area contributed by atoms with Crippen LogP contribution in [0.1, 0.15) is 19.8 Å². The molecule has 16 heavy (non-hydrogen) atoms. The van der Waals surface area contributed by atoms with Crippen LogP contribution in [0, 0.1) is 5.92 Å². The van der Waals surface area contributed by atoms with Crippen LogP contribution >= 0.6 is 11.6 Å². The molecule has 0 aliphatic rings. The Bertz CT molecular complexity index is 378. The molecule has 0 amide bonds. The first-order valence-electron chi connectivity index (χ1n) is 5.35. The quantitative estimate of drug-likeness (QED) is 0.718. The van der Waals surface area contributed by atoms with Crippen LogP contribution in [0.2, 0.25) is 0 Å². The first-order chi connectivity index (χ1) is 7.67. The number of aromatic nitrogens is 2. The summed E-state index contributed by atoms with van der Waals surface area (Å²) in [6.45, 7) is 2.72. The average Bonchev–Trinajstić information content (AvgIpc) is 2.28. The van der Waals surface area contributed by atoms with Gasteiger partial charge in [-0.2, -0.15) is 0 Å². The summed E-state index contributed by atoms with van der Waals surface area (Å²) in [5, 5.41) is 4.07. The third kappa shape index (κ3) is 3.85. The smallest absolute Gasteiger partial charge is 0.266 e. The molecule has 0 aliphatic heterocycles. The second kappa shape index (κ2) is 6.53. The topological polar surface area (TPSA) is 44.1 Å². The minimum Gasteiger partial charge on any atom is -0.480 e. The monoisotopic (exact) mass is 244 g/mol. The number of rotatable bonds is 6. The summed E-state index contributed by atoms with van der Waals surface area (Å²) >= 11 is 5.65. The number of hydrogen-bond acceptors (Lipinski definition) is 3. The Morgan fingerprint density at radius 2 is 2.25 bits per heavy atom. The molecule has 0 aromatic carbocycles. The number of halogens is 1. The summed E-state index contributed by atoms with van der Waals surface area (Å²) in [5.41, 5.74) is -0.0983. The Morgan fingerprint density at radius 3 is 2.88 bits per heavy atom. The molecule has 5 heteroatoms. The van der Waals surface area contributed by atoms with Crippen molar-refractivity contribution in [1.29, 1.82) is 0 Å². The SMILES string of the molecule is COc1ccc(=O)n(CCC(C)CCCl)n1. The summed E-state index contributed by atoms with van der Waals surface area (Å²) in [6, 6.07) is 3.04. The molecular formula is C11H17ClN2O2. The van der Waals surface area contributed by atoms with E-state index in [4.69, 9.17) is 16.3 Å². The maximum atomic E-state index is 11.5. The molecule has 4 nitrogen and oxygen atoms in total. The Morgan fingerprint density at radius 1 is 1.50 bits per heavy atom. The zero-order valence-corrected chi connectivity index (χ0v) is 10.4. The summed E-state index contributed by atoms with van der Waals surface area (Å²) in [5.74, 6) is 1.61. The van der Waals surface area contributed by atoms with Crippen LogP contribution < -0.4 is 10.3 Å². The molecule has 0 aliphatic carbocycles. The molecule has 0 spiro atoms. The lowest BCUT2D eigenvalue weighted by Crippen LogP contribution is -2.23. The van der Waals surface area contributed by atoms with Gasteiger partial charge in [0.25, 0.3) is 5.56 Å². The van der Waals surface area contributed by atoms with Gasteiger partial charge in [0, 0.05) is 24.6 Å². The molecule has 1 rings (SSSR count). The fourth-order valence-electron chi connectivity index (χ4n) is 1.37. The number of ether oxygens (including phenoxy) is 1. The summed E-state index contributed by atoms with van der Waals surface area (Å²) in [4.78, 5) is 11.5.